The Hall–Kier alpha value is -2.30. The minimum Gasteiger partial charge on any atom is -0.123 e. The third kappa shape index (κ3) is 1.51. The van der Waals surface area contributed by atoms with E-state index in [-0.39, 0.29) is 0 Å². The fraction of sp³-hybridized carbons (Fsp3) is 0. The molecule has 0 aliphatic heterocycles. The van der Waals surface area contributed by atoms with Crippen LogP contribution in [0, 0.1) is 0 Å². The van der Waals surface area contributed by atoms with E-state index in [1.165, 1.54) is 42.6 Å². The largest absolute Gasteiger partial charge is 0.123 e. The van der Waals surface area contributed by atoms with Crippen LogP contribution < -0.4 is 0 Å². The van der Waals surface area contributed by atoms with Gasteiger partial charge in [0.25, 0.3) is 0 Å². The minimum absolute atomic E-state index is 0.777. The van der Waals surface area contributed by atoms with Crippen molar-refractivity contribution in [2.75, 3.05) is 0 Å². The summed E-state index contributed by atoms with van der Waals surface area (Å²) in [6, 6.07) is 26.6. The smallest absolute Gasteiger partial charge is 0.00201 e. The van der Waals surface area contributed by atoms with Crippen molar-refractivity contribution < 1.29 is 0 Å². The van der Waals surface area contributed by atoms with Gasteiger partial charge < -0.3 is 0 Å². The van der Waals surface area contributed by atoms with Gasteiger partial charge in [-0.15, -0.1) is 8.19 Å². The van der Waals surface area contributed by atoms with Crippen LogP contribution in [-0.2, 0) is 0 Å². The molecule has 0 nitrogen and oxygen atoms in total. The summed E-state index contributed by atoms with van der Waals surface area (Å²) in [5.74, 6) is 0. The van der Waals surface area contributed by atoms with Gasteiger partial charge in [-0.05, 0) is 33.7 Å². The monoisotopic (exact) mass is 284 g/mol. The summed E-state index contributed by atoms with van der Waals surface area (Å²) in [5, 5.41) is 11.3. The standard InChI is InChI=1S/C20H13P/c1-3-7-15-13(5-1)9-11-17-19(15)20-16-8-4-2-6-14(16)10-12-18(20)21-17/h1-12,21H. The number of rotatable bonds is 0. The van der Waals surface area contributed by atoms with Crippen LogP contribution in [0.5, 0.6) is 0 Å². The van der Waals surface area contributed by atoms with E-state index < -0.39 is 0 Å². The molecule has 0 fully saturated rings. The SMILES string of the molecule is c1ccc2c(c1)ccc1[pH]c3ccc4ccccc4c3c12. The molecule has 98 valence electrons. The number of hydrogen-bond acceptors (Lipinski definition) is 0. The first-order valence-electron chi connectivity index (χ1n) is 7.23. The lowest BCUT2D eigenvalue weighted by Gasteiger charge is -2.03. The normalized spacial score (nSPS) is 11.8. The van der Waals surface area contributed by atoms with Crippen molar-refractivity contribution in [2.24, 2.45) is 0 Å². The average Bonchev–Trinajstić information content (AvgIpc) is 2.94. The van der Waals surface area contributed by atoms with Gasteiger partial charge in [-0.25, -0.2) is 0 Å². The molecule has 5 rings (SSSR count). The molecule has 0 N–H and O–H groups in total. The molecule has 4 aromatic carbocycles. The number of benzene rings is 4. The fourth-order valence-electron chi connectivity index (χ4n) is 3.44. The molecule has 1 aromatic heterocycles. The van der Waals surface area contributed by atoms with Crippen molar-refractivity contribution in [3.05, 3.63) is 72.8 Å². The van der Waals surface area contributed by atoms with Gasteiger partial charge in [0, 0.05) is 21.0 Å². The molecule has 0 amide bonds. The summed E-state index contributed by atoms with van der Waals surface area (Å²) in [6.07, 6.45) is 0. The van der Waals surface area contributed by atoms with Gasteiger partial charge in [-0.1, -0.05) is 60.7 Å². The third-order valence-corrected chi connectivity index (χ3v) is 5.75. The van der Waals surface area contributed by atoms with Crippen LogP contribution in [0.25, 0.3) is 42.6 Å². The summed E-state index contributed by atoms with van der Waals surface area (Å²) < 4.78 is 0. The van der Waals surface area contributed by atoms with Crippen LogP contribution in [0.15, 0.2) is 72.8 Å². The molecule has 0 bridgehead atoms. The highest BCUT2D eigenvalue weighted by Gasteiger charge is 2.10. The third-order valence-electron chi connectivity index (χ3n) is 4.38. The number of hydrogen-bond donors (Lipinski definition) is 0. The van der Waals surface area contributed by atoms with Crippen LogP contribution in [-0.4, -0.2) is 0 Å². The van der Waals surface area contributed by atoms with E-state index in [2.05, 4.69) is 72.8 Å². The lowest BCUT2D eigenvalue weighted by Crippen LogP contribution is -1.76. The van der Waals surface area contributed by atoms with E-state index in [0.29, 0.717) is 0 Å². The van der Waals surface area contributed by atoms with Gasteiger partial charge in [-0.2, -0.15) is 0 Å². The minimum atomic E-state index is 0.777. The van der Waals surface area contributed by atoms with Crippen molar-refractivity contribution in [1.82, 2.24) is 0 Å². The molecule has 0 saturated carbocycles. The zero-order chi connectivity index (χ0) is 13.8. The van der Waals surface area contributed by atoms with Gasteiger partial charge >= 0.3 is 0 Å². The van der Waals surface area contributed by atoms with E-state index in [0.717, 1.165) is 8.19 Å². The van der Waals surface area contributed by atoms with Crippen LogP contribution in [0.3, 0.4) is 0 Å². The molecular weight excluding hydrogens is 271 g/mol. The van der Waals surface area contributed by atoms with Crippen molar-refractivity contribution in [2.45, 2.75) is 0 Å². The Labute approximate surface area is 124 Å². The van der Waals surface area contributed by atoms with E-state index in [4.69, 9.17) is 0 Å². The van der Waals surface area contributed by atoms with Crippen LogP contribution >= 0.6 is 8.19 Å². The first kappa shape index (κ1) is 11.4. The summed E-state index contributed by atoms with van der Waals surface area (Å²) in [5.41, 5.74) is 0. The molecular formula is C20H13P. The molecule has 1 heteroatoms. The molecule has 0 spiro atoms. The topological polar surface area (TPSA) is 0 Å². The molecule has 0 atom stereocenters. The van der Waals surface area contributed by atoms with Crippen LogP contribution in [0.4, 0.5) is 0 Å². The molecule has 5 aromatic rings. The zero-order valence-electron chi connectivity index (χ0n) is 11.4. The van der Waals surface area contributed by atoms with Crippen LogP contribution in [0.1, 0.15) is 0 Å². The Kier molecular flexibility index (Phi) is 2.22. The van der Waals surface area contributed by atoms with E-state index in [1.807, 2.05) is 0 Å². The highest BCUT2D eigenvalue weighted by Crippen LogP contribution is 2.44. The Bertz CT molecular complexity index is 1040. The maximum atomic E-state index is 2.31. The summed E-state index contributed by atoms with van der Waals surface area (Å²) >= 11 is 0. The molecule has 21 heavy (non-hydrogen) atoms. The van der Waals surface area contributed by atoms with Gasteiger partial charge in [0.2, 0.25) is 0 Å². The highest BCUT2D eigenvalue weighted by molar-refractivity contribution is 7.44. The Morgan fingerprint density at radius 2 is 0.952 bits per heavy atom. The Morgan fingerprint density at radius 1 is 0.476 bits per heavy atom. The van der Waals surface area contributed by atoms with Crippen molar-refractivity contribution in [1.29, 1.82) is 0 Å². The Balaban J connectivity index is 2.18. The lowest BCUT2D eigenvalue weighted by molar-refractivity contribution is 1.81. The quantitative estimate of drug-likeness (QED) is 0.311. The first-order chi connectivity index (χ1) is 10.4. The Morgan fingerprint density at radius 3 is 1.48 bits per heavy atom. The van der Waals surface area contributed by atoms with Crippen molar-refractivity contribution in [3.63, 3.8) is 0 Å². The second-order valence-electron chi connectivity index (χ2n) is 5.54. The van der Waals surface area contributed by atoms with Crippen molar-refractivity contribution >= 4 is 50.7 Å². The van der Waals surface area contributed by atoms with E-state index in [9.17, 15) is 0 Å². The van der Waals surface area contributed by atoms with E-state index in [1.54, 1.807) is 0 Å². The van der Waals surface area contributed by atoms with Gasteiger partial charge in [0.1, 0.15) is 0 Å². The summed E-state index contributed by atoms with van der Waals surface area (Å²) in [7, 11) is 0.777. The van der Waals surface area contributed by atoms with Gasteiger partial charge in [0.05, 0.1) is 0 Å². The summed E-state index contributed by atoms with van der Waals surface area (Å²) in [4.78, 5) is 0. The van der Waals surface area contributed by atoms with E-state index >= 15 is 0 Å². The summed E-state index contributed by atoms with van der Waals surface area (Å²) in [6.45, 7) is 0. The molecule has 0 aliphatic rings. The van der Waals surface area contributed by atoms with Crippen molar-refractivity contribution in [3.8, 4) is 0 Å². The second kappa shape index (κ2) is 4.10. The highest BCUT2D eigenvalue weighted by atomic mass is 31.0. The predicted molar refractivity (Wildman–Crippen MR) is 96.0 cm³/mol. The molecule has 1 heterocycles. The lowest BCUT2D eigenvalue weighted by atomic mass is 10.00. The molecule has 0 saturated heterocycles. The molecule has 0 aliphatic carbocycles. The number of fused-ring (bicyclic) bond motifs is 7. The molecule has 0 unspecified atom stereocenters. The maximum absolute atomic E-state index is 2.31. The maximum Gasteiger partial charge on any atom is 0.00201 e. The van der Waals surface area contributed by atoms with Crippen LogP contribution in [0.2, 0.25) is 0 Å². The molecule has 0 radical (unpaired) electrons. The first-order valence-corrected chi connectivity index (χ1v) is 8.23. The zero-order valence-corrected chi connectivity index (χ0v) is 12.4. The predicted octanol–water partition coefficient (Wildman–Crippen LogP) is 6.33. The second-order valence-corrected chi connectivity index (χ2v) is 6.87. The average molecular weight is 284 g/mol. The van der Waals surface area contributed by atoms with Gasteiger partial charge in [-0.3, -0.25) is 0 Å². The fourth-order valence-corrected chi connectivity index (χ4v) is 4.83. The van der Waals surface area contributed by atoms with Gasteiger partial charge in [0.15, 0.2) is 0 Å².